The van der Waals surface area contributed by atoms with Crippen molar-refractivity contribution < 1.29 is 13.2 Å². The highest BCUT2D eigenvalue weighted by atomic mass is 127. The van der Waals surface area contributed by atoms with Gasteiger partial charge in [-0.05, 0) is 32.3 Å². The lowest BCUT2D eigenvalue weighted by Crippen LogP contribution is -2.38. The van der Waals surface area contributed by atoms with E-state index in [1.54, 1.807) is 0 Å². The van der Waals surface area contributed by atoms with Crippen LogP contribution in [0.5, 0.6) is 0 Å². The monoisotopic (exact) mass is 512 g/mol. The largest absolute Gasteiger partial charge is 0.374 e. The summed E-state index contributed by atoms with van der Waals surface area (Å²) in [7, 11) is -3.12. The Balaban J connectivity index is 0.00000676. The zero-order valence-corrected chi connectivity index (χ0v) is 19.5. The van der Waals surface area contributed by atoms with Crippen LogP contribution < -0.4 is 15.4 Å². The molecule has 1 aromatic carbocycles. The molecule has 0 bridgehead atoms. The molecule has 0 aromatic heterocycles. The van der Waals surface area contributed by atoms with Crippen molar-refractivity contribution in [1.82, 2.24) is 15.4 Å². The first-order valence-corrected chi connectivity index (χ1v) is 10.9. The Hall–Kier alpha value is -0.910. The van der Waals surface area contributed by atoms with E-state index in [0.29, 0.717) is 32.7 Å². The number of halogens is 1. The minimum atomic E-state index is -3.12. The van der Waals surface area contributed by atoms with Gasteiger partial charge in [0, 0.05) is 32.8 Å². The Morgan fingerprint density at radius 3 is 2.48 bits per heavy atom. The summed E-state index contributed by atoms with van der Waals surface area (Å²) in [6, 6.07) is 10.2. The molecule has 0 aliphatic rings. The van der Waals surface area contributed by atoms with Crippen molar-refractivity contribution in [3.05, 3.63) is 35.9 Å². The molecule has 9 heteroatoms. The zero-order chi connectivity index (χ0) is 19.3. The third kappa shape index (κ3) is 13.8. The van der Waals surface area contributed by atoms with Crippen LogP contribution in [-0.2, 0) is 14.8 Å². The van der Waals surface area contributed by atoms with E-state index in [4.69, 9.17) is 4.74 Å². The molecule has 0 saturated carbocycles. The summed E-state index contributed by atoms with van der Waals surface area (Å²) < 4.78 is 30.3. The highest BCUT2D eigenvalue weighted by Gasteiger charge is 2.04. The van der Waals surface area contributed by atoms with Crippen LogP contribution in [0.4, 0.5) is 0 Å². The molecule has 0 heterocycles. The maximum absolute atomic E-state index is 11.0. The summed E-state index contributed by atoms with van der Waals surface area (Å²) in [5.74, 6) is 0.739. The van der Waals surface area contributed by atoms with Gasteiger partial charge < -0.3 is 15.4 Å². The fourth-order valence-electron chi connectivity index (χ4n) is 2.23. The molecule has 7 nitrogen and oxygen atoms in total. The number of rotatable bonds is 12. The third-order valence-corrected chi connectivity index (χ3v) is 4.29. The zero-order valence-electron chi connectivity index (χ0n) is 16.4. The molecule has 0 aliphatic heterocycles. The Bertz CT molecular complexity index is 627. The smallest absolute Gasteiger partial charge is 0.208 e. The molecule has 0 fully saturated rings. The van der Waals surface area contributed by atoms with Crippen LogP contribution in [-0.4, -0.2) is 53.4 Å². The van der Waals surface area contributed by atoms with Gasteiger partial charge in [0.05, 0.1) is 12.4 Å². The van der Waals surface area contributed by atoms with Gasteiger partial charge in [-0.2, -0.15) is 0 Å². The number of hydrogen-bond acceptors (Lipinski definition) is 4. The topological polar surface area (TPSA) is 91.8 Å². The Morgan fingerprint density at radius 1 is 1.15 bits per heavy atom. The summed E-state index contributed by atoms with van der Waals surface area (Å²) in [4.78, 5) is 4.51. The maximum atomic E-state index is 11.0. The fourth-order valence-corrected chi connectivity index (χ4v) is 2.75. The number of sulfonamides is 1. The van der Waals surface area contributed by atoms with Gasteiger partial charge in [-0.15, -0.1) is 24.0 Å². The first-order valence-electron chi connectivity index (χ1n) is 9.05. The number of ether oxygens (including phenoxy) is 1. The number of aliphatic imine (C=N–C) groups is 1. The predicted octanol–water partition coefficient (Wildman–Crippen LogP) is 2.27. The molecule has 1 atom stereocenters. The van der Waals surface area contributed by atoms with E-state index in [-0.39, 0.29) is 30.1 Å². The second-order valence-corrected chi connectivity index (χ2v) is 7.82. The minimum Gasteiger partial charge on any atom is -0.374 e. The average Bonchev–Trinajstić information content (AvgIpc) is 2.60. The lowest BCUT2D eigenvalue weighted by atomic mass is 10.1. The van der Waals surface area contributed by atoms with Gasteiger partial charge >= 0.3 is 0 Å². The van der Waals surface area contributed by atoms with Crippen molar-refractivity contribution in [2.24, 2.45) is 4.99 Å². The summed E-state index contributed by atoms with van der Waals surface area (Å²) in [6.07, 6.45) is 2.76. The second kappa shape index (κ2) is 15.1. The van der Waals surface area contributed by atoms with Gasteiger partial charge in [0.15, 0.2) is 5.96 Å². The molecule has 3 N–H and O–H groups in total. The molecule has 156 valence electrons. The molecule has 1 unspecified atom stereocenters. The van der Waals surface area contributed by atoms with Crippen molar-refractivity contribution in [2.45, 2.75) is 32.8 Å². The van der Waals surface area contributed by atoms with Crippen molar-refractivity contribution in [1.29, 1.82) is 0 Å². The highest BCUT2D eigenvalue weighted by molar-refractivity contribution is 14.0. The van der Waals surface area contributed by atoms with Crippen LogP contribution in [0.2, 0.25) is 0 Å². The Labute approximate surface area is 180 Å². The molecule has 0 spiro atoms. The molecule has 1 rings (SSSR count). The molecule has 0 amide bonds. The van der Waals surface area contributed by atoms with Crippen LogP contribution >= 0.6 is 24.0 Å². The molecule has 0 radical (unpaired) electrons. The van der Waals surface area contributed by atoms with Gasteiger partial charge in [0.2, 0.25) is 10.0 Å². The standard InChI is InChI=1S/C18H32N4O3S.HI/c1-4-19-18(20-12-8-14-22-26(3,23)24)21-13-9-15-25-16(2)17-10-6-5-7-11-17;/h5-7,10-11,16,22H,4,8-9,12-15H2,1-3H3,(H2,19,20,21);1H. The molecule has 27 heavy (non-hydrogen) atoms. The van der Waals surface area contributed by atoms with E-state index in [9.17, 15) is 8.42 Å². The number of hydrogen-bond donors (Lipinski definition) is 3. The summed E-state index contributed by atoms with van der Waals surface area (Å²) in [5, 5.41) is 6.37. The Morgan fingerprint density at radius 2 is 1.85 bits per heavy atom. The average molecular weight is 512 g/mol. The predicted molar refractivity (Wildman–Crippen MR) is 122 cm³/mol. The molecule has 0 saturated heterocycles. The number of nitrogens with zero attached hydrogens (tertiary/aromatic N) is 1. The quantitative estimate of drug-likeness (QED) is 0.173. The van der Waals surface area contributed by atoms with Crippen molar-refractivity contribution >= 4 is 40.0 Å². The lowest BCUT2D eigenvalue weighted by molar-refractivity contribution is 0.0652. The van der Waals surface area contributed by atoms with Gasteiger partial charge in [0.1, 0.15) is 0 Å². The van der Waals surface area contributed by atoms with Gasteiger partial charge in [0.25, 0.3) is 0 Å². The first kappa shape index (κ1) is 26.1. The first-order chi connectivity index (χ1) is 12.4. The maximum Gasteiger partial charge on any atom is 0.208 e. The number of benzene rings is 1. The van der Waals surface area contributed by atoms with Gasteiger partial charge in [-0.25, -0.2) is 13.1 Å². The minimum absolute atomic E-state index is 0. The number of guanidine groups is 1. The van der Waals surface area contributed by atoms with Gasteiger partial charge in [-0.1, -0.05) is 30.3 Å². The van der Waals surface area contributed by atoms with Crippen LogP contribution in [0.1, 0.15) is 38.4 Å². The van der Waals surface area contributed by atoms with Crippen LogP contribution in [0.25, 0.3) is 0 Å². The Kier molecular flexibility index (Phi) is 14.6. The summed E-state index contributed by atoms with van der Waals surface area (Å²) >= 11 is 0. The van der Waals surface area contributed by atoms with E-state index >= 15 is 0 Å². The lowest BCUT2D eigenvalue weighted by Gasteiger charge is -2.13. The van der Waals surface area contributed by atoms with Gasteiger partial charge in [-0.3, -0.25) is 4.99 Å². The van der Waals surface area contributed by atoms with E-state index in [1.165, 1.54) is 5.56 Å². The van der Waals surface area contributed by atoms with Crippen molar-refractivity contribution in [2.75, 3.05) is 39.0 Å². The van der Waals surface area contributed by atoms with E-state index < -0.39 is 10.0 Å². The molecular formula is C18H33IN4O3S. The van der Waals surface area contributed by atoms with Crippen molar-refractivity contribution in [3.63, 3.8) is 0 Å². The van der Waals surface area contributed by atoms with E-state index in [1.807, 2.05) is 25.1 Å². The summed E-state index contributed by atoms with van der Waals surface area (Å²) in [5.41, 5.74) is 1.17. The van der Waals surface area contributed by atoms with Crippen LogP contribution in [0.15, 0.2) is 35.3 Å². The molecule has 1 aromatic rings. The van der Waals surface area contributed by atoms with Crippen LogP contribution in [0, 0.1) is 0 Å². The third-order valence-electron chi connectivity index (χ3n) is 3.56. The SMILES string of the molecule is CCNC(=NCCCOC(C)c1ccccc1)NCCCNS(C)(=O)=O.I. The highest BCUT2D eigenvalue weighted by Crippen LogP contribution is 2.15. The van der Waals surface area contributed by atoms with E-state index in [0.717, 1.165) is 25.2 Å². The second-order valence-electron chi connectivity index (χ2n) is 5.98. The molecular weight excluding hydrogens is 479 g/mol. The number of nitrogens with one attached hydrogen (secondary N) is 3. The molecule has 0 aliphatic carbocycles. The van der Waals surface area contributed by atoms with Crippen LogP contribution in [0.3, 0.4) is 0 Å². The van der Waals surface area contributed by atoms with Crippen molar-refractivity contribution in [3.8, 4) is 0 Å². The normalized spacial score (nSPS) is 12.9. The van der Waals surface area contributed by atoms with E-state index in [2.05, 4.69) is 39.4 Å². The summed E-state index contributed by atoms with van der Waals surface area (Å²) in [6.45, 7) is 7.21. The fraction of sp³-hybridized carbons (Fsp3) is 0.611.